The molecule has 1 heterocycles. The molecule has 0 aromatic heterocycles. The second-order valence-electron chi connectivity index (χ2n) is 4.12. The summed E-state index contributed by atoms with van der Waals surface area (Å²) in [5, 5.41) is 5.98. The molecule has 1 atom stereocenters. The maximum Gasteiger partial charge on any atom is 0.221 e. The van der Waals surface area contributed by atoms with Crippen LogP contribution >= 0.6 is 0 Å². The van der Waals surface area contributed by atoms with Crippen molar-refractivity contribution in [1.29, 1.82) is 0 Å². The van der Waals surface area contributed by atoms with Crippen LogP contribution in [0.5, 0.6) is 0 Å². The molecule has 0 aromatic rings. The lowest BCUT2D eigenvalue weighted by Crippen LogP contribution is -2.51. The summed E-state index contributed by atoms with van der Waals surface area (Å²) in [6.45, 7) is 4.23. The van der Waals surface area contributed by atoms with Crippen LogP contribution in [0, 0.1) is 0 Å². The van der Waals surface area contributed by atoms with Crippen LogP contribution in [0.3, 0.4) is 0 Å². The Balaban J connectivity index is 2.29. The number of carbonyl (C=O) groups is 1. The largest absolute Gasteiger partial charge is 0.379 e. The van der Waals surface area contributed by atoms with Gasteiger partial charge in [0.2, 0.25) is 5.91 Å². The zero-order valence-electron chi connectivity index (χ0n) is 9.06. The van der Waals surface area contributed by atoms with Gasteiger partial charge in [-0.1, -0.05) is 0 Å². The van der Waals surface area contributed by atoms with Gasteiger partial charge in [-0.3, -0.25) is 4.79 Å². The summed E-state index contributed by atoms with van der Waals surface area (Å²) in [7, 11) is 1.85. The Morgan fingerprint density at radius 2 is 2.36 bits per heavy atom. The lowest BCUT2D eigenvalue weighted by molar-refractivity contribution is -0.124. The average Bonchev–Trinajstić information content (AvgIpc) is 2.15. The standard InChI is InChI=1S/C10H20N2O2/c1-10(5-3-7-14-8-10)12-9(13)4-6-11-2/h11H,3-8H2,1-2H3,(H,12,13). The fourth-order valence-corrected chi connectivity index (χ4v) is 1.67. The van der Waals surface area contributed by atoms with Gasteiger partial charge in [0, 0.05) is 19.6 Å². The molecule has 82 valence electrons. The van der Waals surface area contributed by atoms with E-state index in [4.69, 9.17) is 4.74 Å². The predicted octanol–water partition coefficient (Wildman–Crippen LogP) is 0.281. The summed E-state index contributed by atoms with van der Waals surface area (Å²) in [4.78, 5) is 11.5. The molecule has 4 heteroatoms. The highest BCUT2D eigenvalue weighted by Gasteiger charge is 2.28. The van der Waals surface area contributed by atoms with Gasteiger partial charge in [0.1, 0.15) is 0 Å². The van der Waals surface area contributed by atoms with Crippen LogP contribution < -0.4 is 10.6 Å². The molecule has 0 aromatic carbocycles. The molecule has 1 saturated heterocycles. The van der Waals surface area contributed by atoms with E-state index < -0.39 is 0 Å². The van der Waals surface area contributed by atoms with Gasteiger partial charge in [0.05, 0.1) is 12.1 Å². The van der Waals surface area contributed by atoms with Crippen LogP contribution in [0.25, 0.3) is 0 Å². The minimum absolute atomic E-state index is 0.104. The molecule has 1 aliphatic rings. The van der Waals surface area contributed by atoms with E-state index >= 15 is 0 Å². The minimum atomic E-state index is -0.150. The SMILES string of the molecule is CNCCC(=O)NC1(C)CCCOC1. The van der Waals surface area contributed by atoms with Crippen molar-refractivity contribution in [3.8, 4) is 0 Å². The monoisotopic (exact) mass is 200 g/mol. The van der Waals surface area contributed by atoms with E-state index in [1.807, 2.05) is 14.0 Å². The highest BCUT2D eigenvalue weighted by Crippen LogP contribution is 2.18. The average molecular weight is 200 g/mol. The predicted molar refractivity (Wildman–Crippen MR) is 55.1 cm³/mol. The number of amides is 1. The lowest BCUT2D eigenvalue weighted by Gasteiger charge is -2.34. The summed E-state index contributed by atoms with van der Waals surface area (Å²) >= 11 is 0. The molecule has 0 spiro atoms. The molecular weight excluding hydrogens is 180 g/mol. The number of ether oxygens (including phenoxy) is 1. The number of rotatable bonds is 4. The first-order valence-electron chi connectivity index (χ1n) is 5.20. The third-order valence-corrected chi connectivity index (χ3v) is 2.48. The third-order valence-electron chi connectivity index (χ3n) is 2.48. The van der Waals surface area contributed by atoms with Crippen LogP contribution in [-0.4, -0.2) is 38.3 Å². The minimum Gasteiger partial charge on any atom is -0.379 e. The van der Waals surface area contributed by atoms with Gasteiger partial charge in [-0.25, -0.2) is 0 Å². The van der Waals surface area contributed by atoms with E-state index in [9.17, 15) is 4.79 Å². The van der Waals surface area contributed by atoms with Crippen molar-refractivity contribution < 1.29 is 9.53 Å². The zero-order valence-corrected chi connectivity index (χ0v) is 9.06. The van der Waals surface area contributed by atoms with E-state index in [1.165, 1.54) is 0 Å². The van der Waals surface area contributed by atoms with Crippen molar-refractivity contribution in [2.45, 2.75) is 31.7 Å². The topological polar surface area (TPSA) is 50.4 Å². The van der Waals surface area contributed by atoms with Crippen molar-refractivity contribution in [3.05, 3.63) is 0 Å². The fourth-order valence-electron chi connectivity index (χ4n) is 1.67. The molecule has 1 amide bonds. The van der Waals surface area contributed by atoms with Crippen LogP contribution in [0.1, 0.15) is 26.2 Å². The van der Waals surface area contributed by atoms with Crippen LogP contribution in [-0.2, 0) is 9.53 Å². The Kier molecular flexibility index (Phi) is 4.35. The molecule has 4 nitrogen and oxygen atoms in total. The van der Waals surface area contributed by atoms with Crippen molar-refractivity contribution >= 4 is 5.91 Å². The molecular formula is C10H20N2O2. The molecule has 0 saturated carbocycles. The van der Waals surface area contributed by atoms with Gasteiger partial charge >= 0.3 is 0 Å². The summed E-state index contributed by atoms with van der Waals surface area (Å²) in [6.07, 6.45) is 2.58. The highest BCUT2D eigenvalue weighted by molar-refractivity contribution is 5.76. The van der Waals surface area contributed by atoms with Gasteiger partial charge in [-0.05, 0) is 26.8 Å². The summed E-state index contributed by atoms with van der Waals surface area (Å²) in [5.41, 5.74) is -0.150. The van der Waals surface area contributed by atoms with Crippen molar-refractivity contribution in [2.24, 2.45) is 0 Å². The Labute approximate surface area is 85.4 Å². The van der Waals surface area contributed by atoms with E-state index in [0.29, 0.717) is 13.0 Å². The molecule has 1 rings (SSSR count). The first-order valence-corrected chi connectivity index (χ1v) is 5.20. The first kappa shape index (κ1) is 11.5. The van der Waals surface area contributed by atoms with Crippen LogP contribution in [0.4, 0.5) is 0 Å². The van der Waals surface area contributed by atoms with Crippen molar-refractivity contribution in [2.75, 3.05) is 26.8 Å². The molecule has 0 bridgehead atoms. The second kappa shape index (κ2) is 5.32. The molecule has 2 N–H and O–H groups in total. The van der Waals surface area contributed by atoms with E-state index in [0.717, 1.165) is 26.0 Å². The smallest absolute Gasteiger partial charge is 0.221 e. The maximum absolute atomic E-state index is 11.5. The Hall–Kier alpha value is -0.610. The van der Waals surface area contributed by atoms with E-state index in [1.54, 1.807) is 0 Å². The van der Waals surface area contributed by atoms with Crippen LogP contribution in [0.15, 0.2) is 0 Å². The van der Waals surface area contributed by atoms with Gasteiger partial charge in [0.25, 0.3) is 0 Å². The van der Waals surface area contributed by atoms with E-state index in [2.05, 4.69) is 10.6 Å². The third kappa shape index (κ3) is 3.64. The molecule has 0 aliphatic carbocycles. The van der Waals surface area contributed by atoms with Crippen molar-refractivity contribution in [3.63, 3.8) is 0 Å². The number of carbonyl (C=O) groups excluding carboxylic acids is 1. The molecule has 1 aliphatic heterocycles. The molecule has 14 heavy (non-hydrogen) atoms. The first-order chi connectivity index (χ1) is 6.66. The quantitative estimate of drug-likeness (QED) is 0.685. The normalized spacial score (nSPS) is 27.3. The van der Waals surface area contributed by atoms with Gasteiger partial charge < -0.3 is 15.4 Å². The summed E-state index contributed by atoms with van der Waals surface area (Å²) < 4.78 is 5.36. The Morgan fingerprint density at radius 1 is 1.57 bits per heavy atom. The lowest BCUT2D eigenvalue weighted by atomic mass is 9.95. The van der Waals surface area contributed by atoms with Gasteiger partial charge in [-0.2, -0.15) is 0 Å². The molecule has 0 radical (unpaired) electrons. The summed E-state index contributed by atoms with van der Waals surface area (Å²) in [5.74, 6) is 0.104. The van der Waals surface area contributed by atoms with E-state index in [-0.39, 0.29) is 11.4 Å². The number of nitrogens with one attached hydrogen (secondary N) is 2. The maximum atomic E-state index is 11.5. The number of hydrogen-bond donors (Lipinski definition) is 2. The van der Waals surface area contributed by atoms with Gasteiger partial charge in [0.15, 0.2) is 0 Å². The zero-order chi connectivity index (χ0) is 10.4. The Bertz CT molecular complexity index is 189. The summed E-state index contributed by atoms with van der Waals surface area (Å²) in [6, 6.07) is 0. The molecule has 1 unspecified atom stereocenters. The van der Waals surface area contributed by atoms with Gasteiger partial charge in [-0.15, -0.1) is 0 Å². The van der Waals surface area contributed by atoms with Crippen molar-refractivity contribution in [1.82, 2.24) is 10.6 Å². The number of hydrogen-bond acceptors (Lipinski definition) is 3. The Morgan fingerprint density at radius 3 is 2.93 bits per heavy atom. The highest BCUT2D eigenvalue weighted by atomic mass is 16.5. The van der Waals surface area contributed by atoms with Crippen LogP contribution in [0.2, 0.25) is 0 Å². The second-order valence-corrected chi connectivity index (χ2v) is 4.12. The fraction of sp³-hybridized carbons (Fsp3) is 0.900. The molecule has 1 fully saturated rings.